The van der Waals surface area contributed by atoms with Crippen molar-refractivity contribution >= 4 is 17.3 Å². The summed E-state index contributed by atoms with van der Waals surface area (Å²) in [6.07, 6.45) is 0.0832. The standard InChI is InChI=1S/C21H29N3O5/c1-14(10-15-6-8-17(9-7-15)28-13-20(26)27-2)24-11-16(25)12-29-19-5-3-4-18(22)21(19)23/h3-9,14,16,24-25H,10-13,22-23H2,1-2H3. The molecule has 2 atom stereocenters. The first-order chi connectivity index (χ1) is 13.9. The zero-order valence-electron chi connectivity index (χ0n) is 16.8. The van der Waals surface area contributed by atoms with Crippen molar-refractivity contribution in [1.29, 1.82) is 0 Å². The summed E-state index contributed by atoms with van der Waals surface area (Å²) in [5.41, 5.74) is 13.5. The Kier molecular flexibility index (Phi) is 8.57. The predicted octanol–water partition coefficient (Wildman–Crippen LogP) is 1.36. The average molecular weight is 403 g/mol. The second kappa shape index (κ2) is 11.1. The SMILES string of the molecule is COC(=O)COc1ccc(CC(C)NCC(O)COc2cccc(N)c2N)cc1. The molecule has 2 unspecified atom stereocenters. The van der Waals surface area contributed by atoms with Crippen LogP contribution in [0.5, 0.6) is 11.5 Å². The third kappa shape index (κ3) is 7.52. The zero-order chi connectivity index (χ0) is 21.2. The number of aliphatic hydroxyl groups excluding tert-OH is 1. The number of benzene rings is 2. The first-order valence-corrected chi connectivity index (χ1v) is 9.35. The van der Waals surface area contributed by atoms with Gasteiger partial charge in [-0.1, -0.05) is 18.2 Å². The Bertz CT molecular complexity index is 782. The summed E-state index contributed by atoms with van der Waals surface area (Å²) in [5, 5.41) is 13.4. The van der Waals surface area contributed by atoms with Gasteiger partial charge in [0.2, 0.25) is 0 Å². The summed E-state index contributed by atoms with van der Waals surface area (Å²) in [5.74, 6) is 0.646. The molecular weight excluding hydrogens is 374 g/mol. The highest BCUT2D eigenvalue weighted by Gasteiger charge is 2.11. The van der Waals surface area contributed by atoms with Crippen LogP contribution in [0.3, 0.4) is 0 Å². The minimum atomic E-state index is -0.688. The molecule has 6 N–H and O–H groups in total. The summed E-state index contributed by atoms with van der Waals surface area (Å²) in [6, 6.07) is 12.8. The van der Waals surface area contributed by atoms with Gasteiger partial charge in [-0.2, -0.15) is 0 Å². The highest BCUT2D eigenvalue weighted by atomic mass is 16.6. The molecule has 0 amide bonds. The lowest BCUT2D eigenvalue weighted by Gasteiger charge is -2.18. The van der Waals surface area contributed by atoms with Crippen molar-refractivity contribution in [1.82, 2.24) is 5.32 Å². The summed E-state index contributed by atoms with van der Waals surface area (Å²) in [6.45, 7) is 2.41. The minimum absolute atomic E-state index is 0.111. The maximum Gasteiger partial charge on any atom is 0.343 e. The Morgan fingerprint density at radius 3 is 2.55 bits per heavy atom. The molecule has 2 aromatic carbocycles. The number of para-hydroxylation sites is 1. The molecule has 0 bridgehead atoms. The van der Waals surface area contributed by atoms with Gasteiger partial charge in [-0.25, -0.2) is 4.79 Å². The predicted molar refractivity (Wildman–Crippen MR) is 112 cm³/mol. The van der Waals surface area contributed by atoms with Crippen LogP contribution >= 0.6 is 0 Å². The van der Waals surface area contributed by atoms with E-state index in [1.807, 2.05) is 31.2 Å². The summed E-state index contributed by atoms with van der Waals surface area (Å²) in [7, 11) is 1.32. The van der Waals surface area contributed by atoms with Crippen LogP contribution in [0.15, 0.2) is 42.5 Å². The Morgan fingerprint density at radius 1 is 1.14 bits per heavy atom. The summed E-state index contributed by atoms with van der Waals surface area (Å²) >= 11 is 0. The second-order valence-corrected chi connectivity index (χ2v) is 6.75. The van der Waals surface area contributed by atoms with E-state index in [1.54, 1.807) is 18.2 Å². The van der Waals surface area contributed by atoms with Crippen LogP contribution in [-0.4, -0.2) is 50.1 Å². The number of carbonyl (C=O) groups excluding carboxylic acids is 1. The maximum atomic E-state index is 11.1. The molecule has 0 aliphatic heterocycles. The van der Waals surface area contributed by atoms with Crippen LogP contribution in [0, 0.1) is 0 Å². The number of ether oxygens (including phenoxy) is 3. The van der Waals surface area contributed by atoms with E-state index < -0.39 is 12.1 Å². The molecule has 0 fully saturated rings. The fourth-order valence-corrected chi connectivity index (χ4v) is 2.62. The number of nitrogens with two attached hydrogens (primary N) is 2. The first-order valence-electron chi connectivity index (χ1n) is 9.35. The van der Waals surface area contributed by atoms with Crippen molar-refractivity contribution in [3.8, 4) is 11.5 Å². The Hall–Kier alpha value is -2.97. The van der Waals surface area contributed by atoms with Crippen LogP contribution in [0.25, 0.3) is 0 Å². The Morgan fingerprint density at radius 2 is 1.86 bits per heavy atom. The van der Waals surface area contributed by atoms with Crippen molar-refractivity contribution in [2.75, 3.05) is 38.3 Å². The topological polar surface area (TPSA) is 129 Å². The van der Waals surface area contributed by atoms with E-state index in [0.717, 1.165) is 12.0 Å². The fourth-order valence-electron chi connectivity index (χ4n) is 2.62. The highest BCUT2D eigenvalue weighted by Crippen LogP contribution is 2.26. The minimum Gasteiger partial charge on any atom is -0.489 e. The molecule has 2 rings (SSSR count). The number of aliphatic hydroxyl groups is 1. The molecular formula is C21H29N3O5. The van der Waals surface area contributed by atoms with Gasteiger partial charge in [0.25, 0.3) is 0 Å². The molecule has 29 heavy (non-hydrogen) atoms. The summed E-state index contributed by atoms with van der Waals surface area (Å²) < 4.78 is 15.4. The number of nitrogen functional groups attached to an aromatic ring is 2. The van der Waals surface area contributed by atoms with Crippen molar-refractivity contribution < 1.29 is 24.1 Å². The van der Waals surface area contributed by atoms with E-state index in [1.165, 1.54) is 7.11 Å². The monoisotopic (exact) mass is 403 g/mol. The van der Waals surface area contributed by atoms with E-state index in [4.69, 9.17) is 20.9 Å². The Labute approximate surface area is 170 Å². The highest BCUT2D eigenvalue weighted by molar-refractivity contribution is 5.71. The molecule has 158 valence electrons. The molecule has 0 aromatic heterocycles. The third-order valence-corrected chi connectivity index (χ3v) is 4.28. The first kappa shape index (κ1) is 22.3. The van der Waals surface area contributed by atoms with E-state index >= 15 is 0 Å². The molecule has 2 aromatic rings. The number of nitrogens with one attached hydrogen (secondary N) is 1. The van der Waals surface area contributed by atoms with Gasteiger partial charge >= 0.3 is 5.97 Å². The molecule has 0 spiro atoms. The smallest absolute Gasteiger partial charge is 0.343 e. The largest absolute Gasteiger partial charge is 0.489 e. The van der Waals surface area contributed by atoms with Crippen LogP contribution in [-0.2, 0) is 16.0 Å². The molecule has 0 aliphatic rings. The van der Waals surface area contributed by atoms with Gasteiger partial charge in [-0.3, -0.25) is 0 Å². The molecule has 8 heteroatoms. The van der Waals surface area contributed by atoms with E-state index in [9.17, 15) is 9.90 Å². The van der Waals surface area contributed by atoms with Crippen LogP contribution in [0.1, 0.15) is 12.5 Å². The van der Waals surface area contributed by atoms with Gasteiger partial charge in [0, 0.05) is 12.6 Å². The van der Waals surface area contributed by atoms with E-state index in [-0.39, 0.29) is 19.3 Å². The van der Waals surface area contributed by atoms with Gasteiger partial charge in [-0.15, -0.1) is 0 Å². The summed E-state index contributed by atoms with van der Waals surface area (Å²) in [4.78, 5) is 11.1. The Balaban J connectivity index is 1.71. The van der Waals surface area contributed by atoms with Crippen molar-refractivity contribution in [2.24, 2.45) is 0 Å². The molecule has 0 aliphatic carbocycles. The van der Waals surface area contributed by atoms with Gasteiger partial charge in [0.05, 0.1) is 18.5 Å². The van der Waals surface area contributed by atoms with E-state index in [2.05, 4.69) is 10.1 Å². The van der Waals surface area contributed by atoms with Crippen molar-refractivity contribution in [3.63, 3.8) is 0 Å². The molecule has 8 nitrogen and oxygen atoms in total. The van der Waals surface area contributed by atoms with Crippen LogP contribution in [0.2, 0.25) is 0 Å². The van der Waals surface area contributed by atoms with Gasteiger partial charge < -0.3 is 36.1 Å². The number of hydrogen-bond acceptors (Lipinski definition) is 8. The molecule has 0 saturated heterocycles. The van der Waals surface area contributed by atoms with Crippen molar-refractivity contribution in [2.45, 2.75) is 25.5 Å². The van der Waals surface area contributed by atoms with Gasteiger partial charge in [0.15, 0.2) is 6.61 Å². The normalized spacial score (nSPS) is 12.8. The second-order valence-electron chi connectivity index (χ2n) is 6.75. The number of esters is 1. The van der Waals surface area contributed by atoms with E-state index in [0.29, 0.717) is 29.4 Å². The number of hydrogen-bond donors (Lipinski definition) is 4. The lowest BCUT2D eigenvalue weighted by molar-refractivity contribution is -0.142. The van der Waals surface area contributed by atoms with Gasteiger partial charge in [0.1, 0.15) is 24.2 Å². The number of rotatable bonds is 11. The lowest BCUT2D eigenvalue weighted by Crippen LogP contribution is -2.37. The van der Waals surface area contributed by atoms with Crippen LogP contribution < -0.4 is 26.3 Å². The lowest BCUT2D eigenvalue weighted by atomic mass is 10.1. The van der Waals surface area contributed by atoms with Crippen LogP contribution in [0.4, 0.5) is 11.4 Å². The number of anilines is 2. The number of methoxy groups -OCH3 is 1. The molecule has 0 radical (unpaired) electrons. The average Bonchev–Trinajstić information content (AvgIpc) is 2.72. The quantitative estimate of drug-likeness (QED) is 0.327. The molecule has 0 saturated carbocycles. The number of carbonyl (C=O) groups is 1. The van der Waals surface area contributed by atoms with Crippen molar-refractivity contribution in [3.05, 3.63) is 48.0 Å². The fraction of sp³-hybridized carbons (Fsp3) is 0.381. The third-order valence-electron chi connectivity index (χ3n) is 4.28. The zero-order valence-corrected chi connectivity index (χ0v) is 16.8. The maximum absolute atomic E-state index is 11.1. The molecule has 0 heterocycles. The van der Waals surface area contributed by atoms with Gasteiger partial charge in [-0.05, 0) is 43.2 Å².